The van der Waals surface area contributed by atoms with E-state index in [9.17, 15) is 38.9 Å². The number of fused-ring (bicyclic) bond motifs is 2. The summed E-state index contributed by atoms with van der Waals surface area (Å²) < 4.78 is 108. The summed E-state index contributed by atoms with van der Waals surface area (Å²) in [5, 5.41) is 0. The van der Waals surface area contributed by atoms with Crippen LogP contribution in [0.15, 0.2) is 91.8 Å². The molecule has 0 aromatic heterocycles. The van der Waals surface area contributed by atoms with E-state index in [1.807, 2.05) is 50.5 Å². The van der Waals surface area contributed by atoms with Crippen LogP contribution in [0.5, 0.6) is 0 Å². The van der Waals surface area contributed by atoms with Crippen LogP contribution in [0.2, 0.25) is 0 Å². The van der Waals surface area contributed by atoms with Crippen molar-refractivity contribution < 1.29 is 132 Å². The van der Waals surface area contributed by atoms with E-state index in [0.717, 1.165) is 64.0 Å². The molecule has 19 heteroatoms. The Morgan fingerprint density at radius 1 is 0.818 bits per heavy atom. The van der Waals surface area contributed by atoms with Crippen LogP contribution in [-0.4, -0.2) is 73.8 Å². The molecular formula is C36H40BrN2Na3O9S4. The summed E-state index contributed by atoms with van der Waals surface area (Å²) in [5.41, 5.74) is 5.16. The standard InChI is InChI=1S/C36H43BrN2O9S4.3Na/c1-35(2)28-22-26(51(43,44)45)12-14-30(28)38(18-6-20-49)32(35)16-10-24-8-5-9-25(34(24)37)11-17-33-36(3,4)29-23-27(52(46,47)48)13-15-31(29)39(33)19-7-21-50(40,41)42;;;/h10-17,22-23H,5-9,18-21H2,1-4H3,(H3-,40,41,42,43,44,45,46,47,48,49);;;/q;3*+1/p-3. The predicted octanol–water partition coefficient (Wildman–Crippen LogP) is -3.25. The van der Waals surface area contributed by atoms with Crippen molar-refractivity contribution in [2.75, 3.05) is 29.5 Å². The van der Waals surface area contributed by atoms with Gasteiger partial charge in [0.1, 0.15) is 26.8 Å². The second-order valence-electron chi connectivity index (χ2n) is 14.1. The summed E-state index contributed by atoms with van der Waals surface area (Å²) in [6.07, 6.45) is 11.2. The number of rotatable bonds is 12. The van der Waals surface area contributed by atoms with Crippen molar-refractivity contribution in [1.29, 1.82) is 0 Å². The Morgan fingerprint density at radius 2 is 1.42 bits per heavy atom. The van der Waals surface area contributed by atoms with E-state index < -0.39 is 46.9 Å². The maximum absolute atomic E-state index is 11.9. The number of allylic oxidation sites excluding steroid dienone is 8. The topological polar surface area (TPSA) is 178 Å². The molecular weight excluding hydrogens is 882 g/mol. The molecule has 2 aromatic carbocycles. The van der Waals surface area contributed by atoms with E-state index in [2.05, 4.69) is 26.9 Å². The van der Waals surface area contributed by atoms with E-state index in [-0.39, 0.29) is 111 Å². The third-order valence-electron chi connectivity index (χ3n) is 9.95. The maximum atomic E-state index is 11.9. The van der Waals surface area contributed by atoms with E-state index in [1.165, 1.54) is 24.3 Å². The number of hydrogen-bond donors (Lipinski definition) is 0. The van der Waals surface area contributed by atoms with Crippen molar-refractivity contribution in [1.82, 2.24) is 0 Å². The molecule has 0 atom stereocenters. The second-order valence-corrected chi connectivity index (χ2v) is 19.6. The van der Waals surface area contributed by atoms with Crippen molar-refractivity contribution in [3.05, 3.63) is 93.2 Å². The molecule has 0 unspecified atom stereocenters. The van der Waals surface area contributed by atoms with Crippen molar-refractivity contribution >= 4 is 76.0 Å². The smallest absolute Gasteiger partial charge is 0.793 e. The minimum atomic E-state index is -4.72. The monoisotopic (exact) mass is 920 g/mol. The molecule has 0 fully saturated rings. The van der Waals surface area contributed by atoms with Gasteiger partial charge in [0.25, 0.3) is 0 Å². The molecule has 0 saturated carbocycles. The molecule has 2 aliphatic heterocycles. The summed E-state index contributed by atoms with van der Waals surface area (Å²) in [7, 11) is -13.8. The van der Waals surface area contributed by atoms with E-state index in [0.29, 0.717) is 23.5 Å². The molecule has 0 spiro atoms. The van der Waals surface area contributed by atoms with Crippen molar-refractivity contribution in [3.8, 4) is 0 Å². The number of nitrogens with zero attached hydrogens (tertiary/aromatic N) is 2. The van der Waals surface area contributed by atoms with Gasteiger partial charge in [-0.2, -0.15) is 10.3 Å². The molecule has 2 heterocycles. The molecule has 2 aromatic rings. The number of hydrogen-bond acceptors (Lipinski definition) is 11. The van der Waals surface area contributed by atoms with Crippen LogP contribution in [0.3, 0.4) is 0 Å². The van der Waals surface area contributed by atoms with Gasteiger partial charge in [-0.05, 0) is 86.2 Å². The molecule has 0 saturated heterocycles. The Morgan fingerprint density at radius 3 is 2.00 bits per heavy atom. The summed E-state index contributed by atoms with van der Waals surface area (Å²) >= 11 is 9.06. The molecule has 3 aliphatic rings. The van der Waals surface area contributed by atoms with E-state index >= 15 is 0 Å². The third-order valence-corrected chi connectivity index (χ3v) is 13.7. The fourth-order valence-corrected chi connectivity index (χ4v) is 9.56. The first kappa shape index (κ1) is 51.6. The predicted molar refractivity (Wildman–Crippen MR) is 203 cm³/mol. The van der Waals surface area contributed by atoms with E-state index in [1.54, 1.807) is 12.1 Å². The molecule has 0 bridgehead atoms. The Kier molecular flexibility index (Phi) is 18.6. The second kappa shape index (κ2) is 19.9. The molecule has 0 N–H and O–H groups in total. The van der Waals surface area contributed by atoms with Gasteiger partial charge in [-0.1, -0.05) is 48.4 Å². The van der Waals surface area contributed by atoms with Gasteiger partial charge < -0.3 is 31.2 Å². The third kappa shape index (κ3) is 11.6. The van der Waals surface area contributed by atoms with Crippen molar-refractivity contribution in [3.63, 3.8) is 0 Å². The Hall–Kier alpha value is 0.430. The fourth-order valence-electron chi connectivity index (χ4n) is 7.29. The molecule has 282 valence electrons. The number of halogens is 1. The molecule has 0 radical (unpaired) electrons. The zero-order chi connectivity index (χ0) is 38.4. The molecule has 1 aliphatic carbocycles. The number of anilines is 1. The normalized spacial score (nSPS) is 19.3. The van der Waals surface area contributed by atoms with Crippen molar-refractivity contribution in [2.45, 2.75) is 80.4 Å². The molecule has 5 rings (SSSR count). The van der Waals surface area contributed by atoms with Crippen LogP contribution < -0.4 is 93.6 Å². The Bertz CT molecular complexity index is 2300. The summed E-state index contributed by atoms with van der Waals surface area (Å²) in [6, 6.07) is 8.64. The SMILES string of the molecule is CC1(C)C(/C=C/C2=C(Br)C(=C/C=C3/N(CCC[S-])c4ccc(S(=O)(=O)[O-])cc4C3(C)C)/CCC2)=[N+](CCCS(=O)(=O)[O-])c2ccc(S(=O)(=O)[O-])cc21.[Na+].[Na+].[Na+]. The quantitative estimate of drug-likeness (QED) is 0.0905. The van der Waals surface area contributed by atoms with Gasteiger partial charge in [-0.25, -0.2) is 25.3 Å². The first-order valence-electron chi connectivity index (χ1n) is 16.7. The van der Waals surface area contributed by atoms with Crippen LogP contribution in [0, 0.1) is 0 Å². The van der Waals surface area contributed by atoms with Gasteiger partial charge in [0.2, 0.25) is 5.69 Å². The zero-order valence-corrected chi connectivity index (χ0v) is 43.1. The van der Waals surface area contributed by atoms with Crippen LogP contribution >= 0.6 is 15.9 Å². The van der Waals surface area contributed by atoms with Crippen LogP contribution in [0.1, 0.15) is 70.9 Å². The zero-order valence-electron chi connectivity index (χ0n) is 32.2. The van der Waals surface area contributed by atoms with Gasteiger partial charge in [0.15, 0.2) is 5.71 Å². The van der Waals surface area contributed by atoms with Crippen LogP contribution in [-0.2, 0) is 53.8 Å². The number of benzene rings is 2. The largest absolute Gasteiger partial charge is 1.00 e. The Balaban J connectivity index is 0.00000348. The van der Waals surface area contributed by atoms with Gasteiger partial charge in [-0.15, -0.1) is 0 Å². The van der Waals surface area contributed by atoms with Gasteiger partial charge in [-0.3, -0.25) is 0 Å². The summed E-state index contributed by atoms with van der Waals surface area (Å²) in [4.78, 5) is 1.50. The van der Waals surface area contributed by atoms with Crippen molar-refractivity contribution in [2.24, 2.45) is 0 Å². The Labute approximate surface area is 405 Å². The van der Waals surface area contributed by atoms with Gasteiger partial charge in [0, 0.05) is 57.7 Å². The summed E-state index contributed by atoms with van der Waals surface area (Å²) in [6.45, 7) is 8.59. The molecule has 11 nitrogen and oxygen atoms in total. The van der Waals surface area contributed by atoms with Gasteiger partial charge >= 0.3 is 88.7 Å². The molecule has 0 amide bonds. The fraction of sp³-hybridized carbons (Fsp3) is 0.417. The maximum Gasteiger partial charge on any atom is 1.00 e. The first-order valence-corrected chi connectivity index (χ1v) is 22.5. The first-order chi connectivity index (χ1) is 24.1. The minimum Gasteiger partial charge on any atom is -0.793 e. The van der Waals surface area contributed by atoms with Crippen LogP contribution in [0.25, 0.3) is 0 Å². The average Bonchev–Trinajstić information content (AvgIpc) is 3.38. The van der Waals surface area contributed by atoms with E-state index in [4.69, 9.17) is 12.6 Å². The minimum absolute atomic E-state index is 0. The van der Waals surface area contributed by atoms with Crippen LogP contribution in [0.4, 0.5) is 11.4 Å². The van der Waals surface area contributed by atoms with Gasteiger partial charge in [0.05, 0.1) is 25.3 Å². The average molecular weight is 922 g/mol. The molecule has 55 heavy (non-hydrogen) atoms. The summed E-state index contributed by atoms with van der Waals surface area (Å²) in [5.74, 6) is -0.0122.